The van der Waals surface area contributed by atoms with E-state index < -0.39 is 24.2 Å². The predicted octanol–water partition coefficient (Wildman–Crippen LogP) is 4.21. The van der Waals surface area contributed by atoms with Crippen LogP contribution in [-0.2, 0) is 6.54 Å². The van der Waals surface area contributed by atoms with Crippen molar-refractivity contribution in [1.29, 1.82) is 0 Å². The van der Waals surface area contributed by atoms with Crippen molar-refractivity contribution in [3.8, 4) is 17.2 Å². The fourth-order valence-corrected chi connectivity index (χ4v) is 4.10. The Morgan fingerprint density at radius 1 is 1.21 bits per heavy atom. The summed E-state index contributed by atoms with van der Waals surface area (Å²) >= 11 is 0. The molecule has 3 heterocycles. The van der Waals surface area contributed by atoms with Crippen LogP contribution in [0.5, 0.6) is 17.2 Å². The van der Waals surface area contributed by atoms with Gasteiger partial charge in [-0.05, 0) is 35.4 Å². The molecule has 3 aromatic rings. The maximum Gasteiger partial charge on any atom is 0.410 e. The zero-order valence-electron chi connectivity index (χ0n) is 18.1. The smallest absolute Gasteiger partial charge is 0.410 e. The molecular weight excluding hydrogens is 453 g/mol. The first-order valence-corrected chi connectivity index (χ1v) is 10.5. The van der Waals surface area contributed by atoms with Crippen molar-refractivity contribution in [3.63, 3.8) is 0 Å². The Morgan fingerprint density at radius 3 is 2.71 bits per heavy atom. The molecule has 1 aromatic heterocycles. The molecule has 5 rings (SSSR count). The summed E-state index contributed by atoms with van der Waals surface area (Å²) < 4.78 is 58.4. The first-order valence-electron chi connectivity index (χ1n) is 10.5. The van der Waals surface area contributed by atoms with Crippen molar-refractivity contribution in [2.45, 2.75) is 31.2 Å². The van der Waals surface area contributed by atoms with E-state index in [2.05, 4.69) is 15.7 Å². The van der Waals surface area contributed by atoms with Gasteiger partial charge < -0.3 is 24.8 Å². The van der Waals surface area contributed by atoms with Crippen LogP contribution in [0.1, 0.15) is 40.0 Å². The molecule has 8 nitrogen and oxygen atoms in total. The molecule has 2 N–H and O–H groups in total. The normalized spacial score (nSPS) is 18.7. The van der Waals surface area contributed by atoms with Gasteiger partial charge in [-0.2, -0.15) is 18.3 Å². The number of fused-ring (bicyclic) bond motifs is 2. The van der Waals surface area contributed by atoms with E-state index in [1.54, 1.807) is 49.6 Å². The summed E-state index contributed by atoms with van der Waals surface area (Å²) in [6, 6.07) is 9.51. The number of amides is 1. The summed E-state index contributed by atoms with van der Waals surface area (Å²) in [4.78, 5) is 12.9. The van der Waals surface area contributed by atoms with Gasteiger partial charge in [-0.25, -0.2) is 4.68 Å². The minimum absolute atomic E-state index is 0.0171. The summed E-state index contributed by atoms with van der Waals surface area (Å²) in [6.07, 6.45) is -3.68. The van der Waals surface area contributed by atoms with E-state index in [1.165, 1.54) is 0 Å². The van der Waals surface area contributed by atoms with Crippen molar-refractivity contribution in [3.05, 3.63) is 65.4 Å². The van der Waals surface area contributed by atoms with Crippen LogP contribution in [0.2, 0.25) is 0 Å². The molecule has 0 spiro atoms. The second kappa shape index (κ2) is 8.47. The third-order valence-corrected chi connectivity index (χ3v) is 5.89. The molecular formula is C23H21F3N4O4. The van der Waals surface area contributed by atoms with Gasteiger partial charge in [-0.15, -0.1) is 0 Å². The molecule has 2 aromatic carbocycles. The quantitative estimate of drug-likeness (QED) is 0.576. The number of nitrogens with zero attached hydrogens (tertiary/aromatic N) is 2. The lowest BCUT2D eigenvalue weighted by atomic mass is 9.96. The first kappa shape index (κ1) is 21.9. The maximum absolute atomic E-state index is 13.9. The summed E-state index contributed by atoms with van der Waals surface area (Å²) in [7, 11) is 1.55. The van der Waals surface area contributed by atoms with E-state index in [0.29, 0.717) is 22.8 Å². The largest absolute Gasteiger partial charge is 0.497 e. The Kier molecular flexibility index (Phi) is 5.46. The molecule has 0 saturated carbocycles. The van der Waals surface area contributed by atoms with Crippen LogP contribution in [0.3, 0.4) is 0 Å². The summed E-state index contributed by atoms with van der Waals surface area (Å²) in [5.74, 6) is 1.17. The van der Waals surface area contributed by atoms with Gasteiger partial charge in [0, 0.05) is 13.0 Å². The molecule has 2 aliphatic heterocycles. The molecule has 11 heteroatoms. The molecule has 1 amide bonds. The maximum atomic E-state index is 13.9. The number of carbonyl (C=O) groups is 1. The summed E-state index contributed by atoms with van der Waals surface area (Å²) in [5, 5.41) is 9.72. The van der Waals surface area contributed by atoms with Crippen molar-refractivity contribution in [1.82, 2.24) is 15.1 Å². The van der Waals surface area contributed by atoms with Crippen LogP contribution in [0.25, 0.3) is 0 Å². The lowest BCUT2D eigenvalue weighted by Gasteiger charge is -2.34. The van der Waals surface area contributed by atoms with Gasteiger partial charge in [0.15, 0.2) is 17.5 Å². The highest BCUT2D eigenvalue weighted by Gasteiger charge is 2.47. The zero-order valence-corrected chi connectivity index (χ0v) is 18.1. The van der Waals surface area contributed by atoms with Gasteiger partial charge in [0.25, 0.3) is 5.91 Å². The van der Waals surface area contributed by atoms with Gasteiger partial charge in [0.05, 0.1) is 19.3 Å². The minimum Gasteiger partial charge on any atom is -0.497 e. The van der Waals surface area contributed by atoms with Gasteiger partial charge in [-0.1, -0.05) is 18.2 Å². The Labute approximate surface area is 192 Å². The van der Waals surface area contributed by atoms with E-state index in [0.717, 1.165) is 16.4 Å². The molecule has 178 valence electrons. The van der Waals surface area contributed by atoms with E-state index in [4.69, 9.17) is 14.2 Å². The van der Waals surface area contributed by atoms with Crippen molar-refractivity contribution in [2.24, 2.45) is 0 Å². The lowest BCUT2D eigenvalue weighted by molar-refractivity contribution is -0.173. The molecule has 2 aliphatic rings. The van der Waals surface area contributed by atoms with Crippen LogP contribution in [0.4, 0.5) is 19.0 Å². The number of hydrogen-bond donors (Lipinski definition) is 2. The number of methoxy groups -OCH3 is 1. The highest BCUT2D eigenvalue weighted by atomic mass is 19.4. The molecule has 2 atom stereocenters. The Morgan fingerprint density at radius 2 is 1.97 bits per heavy atom. The number of aromatic nitrogens is 2. The van der Waals surface area contributed by atoms with Crippen LogP contribution in [0.15, 0.2) is 48.7 Å². The monoisotopic (exact) mass is 474 g/mol. The zero-order chi connectivity index (χ0) is 23.9. The van der Waals surface area contributed by atoms with E-state index >= 15 is 0 Å². The van der Waals surface area contributed by atoms with E-state index in [9.17, 15) is 18.0 Å². The van der Waals surface area contributed by atoms with Crippen molar-refractivity contribution < 1.29 is 32.2 Å². The molecule has 0 bridgehead atoms. The Balaban J connectivity index is 1.40. The number of alkyl halides is 3. The third-order valence-electron chi connectivity index (χ3n) is 5.89. The fourth-order valence-electron chi connectivity index (χ4n) is 4.10. The third kappa shape index (κ3) is 4.09. The van der Waals surface area contributed by atoms with Crippen LogP contribution in [-0.4, -0.2) is 35.8 Å². The first-order chi connectivity index (χ1) is 16.3. The van der Waals surface area contributed by atoms with Gasteiger partial charge in [0.1, 0.15) is 17.1 Å². The van der Waals surface area contributed by atoms with E-state index in [1.807, 2.05) is 0 Å². The molecule has 0 fully saturated rings. The van der Waals surface area contributed by atoms with Crippen LogP contribution < -0.4 is 24.8 Å². The number of hydrogen-bond acceptors (Lipinski definition) is 6. The number of ether oxygens (including phenoxy) is 3. The Hall–Kier alpha value is -3.89. The van der Waals surface area contributed by atoms with Crippen molar-refractivity contribution >= 4 is 11.7 Å². The average molecular weight is 474 g/mol. The highest BCUT2D eigenvalue weighted by molar-refractivity contribution is 5.98. The number of carbonyl (C=O) groups excluding carboxylic acids is 1. The second-order valence-corrected chi connectivity index (χ2v) is 7.98. The number of anilines is 1. The fraction of sp³-hybridized carbons (Fsp3) is 0.304. The minimum atomic E-state index is -4.55. The number of halogens is 3. The molecule has 0 saturated heterocycles. The van der Waals surface area contributed by atoms with Crippen molar-refractivity contribution in [2.75, 3.05) is 19.2 Å². The summed E-state index contributed by atoms with van der Waals surface area (Å²) in [6.45, 7) is 0.259. The number of nitrogens with one attached hydrogen (secondary N) is 2. The number of rotatable bonds is 5. The highest BCUT2D eigenvalue weighted by Crippen LogP contribution is 2.45. The van der Waals surface area contributed by atoms with Gasteiger partial charge in [0.2, 0.25) is 6.79 Å². The molecule has 0 radical (unpaired) electrons. The molecule has 34 heavy (non-hydrogen) atoms. The summed E-state index contributed by atoms with van der Waals surface area (Å²) in [5.41, 5.74) is 1.44. The Bertz CT molecular complexity index is 1210. The van der Waals surface area contributed by atoms with E-state index in [-0.39, 0.29) is 31.1 Å². The second-order valence-electron chi connectivity index (χ2n) is 7.98. The lowest BCUT2D eigenvalue weighted by Crippen LogP contribution is -2.36. The van der Waals surface area contributed by atoms with Gasteiger partial charge >= 0.3 is 6.18 Å². The topological polar surface area (TPSA) is 86.6 Å². The number of benzene rings is 2. The van der Waals surface area contributed by atoms with Gasteiger partial charge in [-0.3, -0.25) is 4.79 Å². The standard InChI is InChI=1S/C23H21F3N4O4/c1-32-15-5-2-13(3-6-15)10-27-22(31)16-11-28-30-20(23(24,25)26)9-17(29-21(16)30)14-4-7-18-19(8-14)34-12-33-18/h2-8,11,17,20,29H,9-10,12H2,1H3,(H,27,31)/t17-,20+/m1/s1. The predicted molar refractivity (Wildman–Crippen MR) is 115 cm³/mol. The van der Waals surface area contributed by atoms with Crippen LogP contribution >= 0.6 is 0 Å². The molecule has 0 aliphatic carbocycles. The van der Waals surface area contributed by atoms with Crippen LogP contribution in [0, 0.1) is 0 Å². The molecule has 0 unspecified atom stereocenters. The SMILES string of the molecule is COc1ccc(CNC(=O)c2cnn3c2N[C@@H](c2ccc4c(c2)OCO4)C[C@H]3C(F)(F)F)cc1. The average Bonchev–Trinajstić information content (AvgIpc) is 3.48.